The van der Waals surface area contributed by atoms with Crippen molar-refractivity contribution in [1.29, 1.82) is 0 Å². The summed E-state index contributed by atoms with van der Waals surface area (Å²) < 4.78 is 35.0. The van der Waals surface area contributed by atoms with Gasteiger partial charge in [-0.2, -0.15) is 0 Å². The molecule has 4 heterocycles. The van der Waals surface area contributed by atoms with Gasteiger partial charge in [-0.3, -0.25) is 10.2 Å². The molecule has 10 heteroatoms. The van der Waals surface area contributed by atoms with Gasteiger partial charge in [-0.15, -0.1) is 0 Å². The van der Waals surface area contributed by atoms with Gasteiger partial charge in [0.2, 0.25) is 0 Å². The minimum Gasteiger partial charge on any atom is -0.449 e. The number of amides is 1. The molecule has 2 atom stereocenters. The lowest BCUT2D eigenvalue weighted by molar-refractivity contribution is -0.941. The van der Waals surface area contributed by atoms with Crippen molar-refractivity contribution in [3.05, 3.63) is 53.6 Å². The second-order valence-electron chi connectivity index (χ2n) is 14.2. The van der Waals surface area contributed by atoms with Gasteiger partial charge < -0.3 is 19.2 Å². The first-order valence-electron chi connectivity index (χ1n) is 17.3. The van der Waals surface area contributed by atoms with Crippen LogP contribution in [0.5, 0.6) is 0 Å². The number of piperazine rings is 3. The van der Waals surface area contributed by atoms with E-state index < -0.39 is 33.4 Å². The average Bonchev–Trinajstić information content (AvgIpc) is 3.12. The van der Waals surface area contributed by atoms with Crippen LogP contribution in [-0.4, -0.2) is 107 Å². The molecule has 0 aromatic heterocycles. The first-order chi connectivity index (χ1) is 22.0. The molecule has 3 saturated heterocycles. The molecular weight excluding hydrogens is 600 g/mol. The van der Waals surface area contributed by atoms with Gasteiger partial charge in [-0.1, -0.05) is 51.7 Å². The summed E-state index contributed by atoms with van der Waals surface area (Å²) in [4.78, 5) is 17.7. The molecule has 2 aromatic rings. The summed E-state index contributed by atoms with van der Waals surface area (Å²) in [5.74, 6) is -0.660. The first-order valence-corrected chi connectivity index (χ1v) is 19.0. The molecule has 2 aromatic carbocycles. The third kappa shape index (κ3) is 7.56. The van der Waals surface area contributed by atoms with Crippen molar-refractivity contribution >= 4 is 27.3 Å². The molecule has 0 spiro atoms. The summed E-state index contributed by atoms with van der Waals surface area (Å²) in [6.45, 7) is 12.7. The van der Waals surface area contributed by atoms with E-state index in [1.54, 1.807) is 6.07 Å². The Hall–Kier alpha value is -2.66. The maximum atomic E-state index is 14.1. The molecule has 0 saturated carbocycles. The monoisotopic (exact) mass is 655 g/mol. The number of unbranched alkanes of at least 4 members (excludes halogenated alkanes) is 2. The number of ether oxygens (including phenoxy) is 1. The van der Waals surface area contributed by atoms with E-state index in [0.717, 1.165) is 54.4 Å². The fraction of sp³-hybridized carbons (Fsp3) is 0.639. The number of quaternary nitrogens is 1. The smallest absolute Gasteiger partial charge is 0.411 e. The van der Waals surface area contributed by atoms with Gasteiger partial charge in [0.25, 0.3) is 0 Å². The van der Waals surface area contributed by atoms with Gasteiger partial charge in [-0.05, 0) is 54.3 Å². The maximum absolute atomic E-state index is 14.1. The second-order valence-corrected chi connectivity index (χ2v) is 16.1. The summed E-state index contributed by atoms with van der Waals surface area (Å²) in [6, 6.07) is 12.9. The Bertz CT molecular complexity index is 1430. The molecule has 4 aliphatic heterocycles. The third-order valence-electron chi connectivity index (χ3n) is 10.8. The van der Waals surface area contributed by atoms with Crippen LogP contribution in [0.4, 0.5) is 16.2 Å². The van der Waals surface area contributed by atoms with E-state index in [1.807, 2.05) is 55.4 Å². The lowest BCUT2D eigenvalue weighted by atomic mass is 9.68. The number of rotatable bonds is 13. The van der Waals surface area contributed by atoms with E-state index >= 15 is 0 Å². The molecule has 4 aliphatic rings. The third-order valence-corrected chi connectivity index (χ3v) is 12.8. The van der Waals surface area contributed by atoms with Crippen LogP contribution in [0.15, 0.2) is 47.4 Å². The Kier molecular flexibility index (Phi) is 11.0. The van der Waals surface area contributed by atoms with Gasteiger partial charge >= 0.3 is 6.09 Å². The van der Waals surface area contributed by atoms with E-state index in [2.05, 4.69) is 24.1 Å². The number of carbonyl (C=O) groups is 1. The average molecular weight is 656 g/mol. The van der Waals surface area contributed by atoms with Crippen LogP contribution < -0.4 is 10.2 Å². The van der Waals surface area contributed by atoms with Crippen LogP contribution in [0, 0.1) is 5.41 Å². The summed E-state index contributed by atoms with van der Waals surface area (Å²) in [7, 11) is 0.167. The highest BCUT2D eigenvalue weighted by molar-refractivity contribution is 7.91. The van der Waals surface area contributed by atoms with Crippen molar-refractivity contribution in [3.8, 4) is 0 Å². The van der Waals surface area contributed by atoms with E-state index in [-0.39, 0.29) is 10.6 Å². The Labute approximate surface area is 276 Å². The Morgan fingerprint density at radius 1 is 1.02 bits per heavy atom. The number of nitrogens with one attached hydrogen (secondary N) is 1. The largest absolute Gasteiger partial charge is 0.449 e. The Balaban J connectivity index is 1.40. The molecule has 46 heavy (non-hydrogen) atoms. The standard InChI is InChI=1S/C36H54N4O5S/c1-5-7-15-36(16-8-6-2)27-46(43,44)32-14-13-30(38(3)4)26-31(32)33(34(36)41)28-11-9-12-29(25-28)37-35(42)45-24-10-20-40-21-17-39(18-22-40)19-23-40/h9,11-14,25-26,33-34,41H,5-8,10,15-24,27H2,1-4H3/p+1/t33-,34?/m1/s1. The number of hydrogen-bond donors (Lipinski definition) is 2. The maximum Gasteiger partial charge on any atom is 0.411 e. The summed E-state index contributed by atoms with van der Waals surface area (Å²) in [6.07, 6.45) is 4.20. The van der Waals surface area contributed by atoms with Crippen LogP contribution >= 0.6 is 0 Å². The molecule has 0 radical (unpaired) electrons. The minimum absolute atomic E-state index is 0.0749. The zero-order valence-electron chi connectivity index (χ0n) is 28.3. The number of sulfone groups is 1. The topological polar surface area (TPSA) is 99.2 Å². The second kappa shape index (κ2) is 14.6. The predicted octanol–water partition coefficient (Wildman–Crippen LogP) is 5.48. The molecule has 9 nitrogen and oxygen atoms in total. The molecule has 1 unspecified atom stereocenters. The molecule has 254 valence electrons. The Morgan fingerprint density at radius 2 is 1.70 bits per heavy atom. The molecule has 2 bridgehead atoms. The van der Waals surface area contributed by atoms with E-state index in [9.17, 15) is 18.3 Å². The number of carbonyl (C=O) groups excluding carboxylic acids is 1. The van der Waals surface area contributed by atoms with E-state index in [1.165, 1.54) is 39.3 Å². The highest BCUT2D eigenvalue weighted by Gasteiger charge is 2.49. The number of aliphatic hydroxyl groups excluding tert-OH is 1. The van der Waals surface area contributed by atoms with Crippen molar-refractivity contribution in [3.63, 3.8) is 0 Å². The fourth-order valence-corrected chi connectivity index (χ4v) is 10.2. The van der Waals surface area contributed by atoms with Crippen LogP contribution in [0.25, 0.3) is 0 Å². The normalized spacial score (nSPS) is 26.2. The zero-order chi connectivity index (χ0) is 33.0. The van der Waals surface area contributed by atoms with Crippen molar-refractivity contribution < 1.29 is 27.5 Å². The van der Waals surface area contributed by atoms with Gasteiger partial charge in [0, 0.05) is 62.9 Å². The number of benzene rings is 2. The van der Waals surface area contributed by atoms with Gasteiger partial charge in [-0.25, -0.2) is 13.2 Å². The SMILES string of the molecule is CCCCC1(CCCC)CS(=O)(=O)c2ccc(N(C)C)cc2[C@@H](c2cccc(NC(=O)OCCC[N+]34CCN(CC3)CC4)c2)C1O. The summed E-state index contributed by atoms with van der Waals surface area (Å²) >= 11 is 0. The lowest BCUT2D eigenvalue weighted by Gasteiger charge is -2.50. The van der Waals surface area contributed by atoms with Crippen molar-refractivity contribution in [1.82, 2.24) is 4.90 Å². The van der Waals surface area contributed by atoms with Gasteiger partial charge in [0.1, 0.15) is 0 Å². The van der Waals surface area contributed by atoms with Crippen LogP contribution in [0.1, 0.15) is 75.8 Å². The minimum atomic E-state index is -3.69. The molecular formula is C36H55N4O5S+. The van der Waals surface area contributed by atoms with E-state index in [4.69, 9.17) is 4.74 Å². The molecule has 0 aliphatic carbocycles. The lowest BCUT2D eigenvalue weighted by Crippen LogP contribution is -2.67. The van der Waals surface area contributed by atoms with Crippen molar-refractivity contribution in [2.24, 2.45) is 5.41 Å². The first kappa shape index (κ1) is 34.7. The van der Waals surface area contributed by atoms with Crippen LogP contribution in [0.3, 0.4) is 0 Å². The van der Waals surface area contributed by atoms with Crippen molar-refractivity contribution in [2.45, 2.75) is 75.7 Å². The van der Waals surface area contributed by atoms with E-state index in [0.29, 0.717) is 30.7 Å². The number of hydrogen-bond acceptors (Lipinski definition) is 7. The fourth-order valence-electron chi connectivity index (χ4n) is 7.99. The van der Waals surface area contributed by atoms with Gasteiger partial charge in [0.05, 0.1) is 49.5 Å². The van der Waals surface area contributed by atoms with Crippen molar-refractivity contribution in [2.75, 3.05) is 82.5 Å². The molecule has 6 rings (SSSR count). The number of fused-ring (bicyclic) bond motifs is 4. The van der Waals surface area contributed by atoms with Crippen LogP contribution in [-0.2, 0) is 14.6 Å². The number of anilines is 2. The number of aliphatic hydroxyl groups is 1. The highest BCUT2D eigenvalue weighted by atomic mass is 32.2. The summed E-state index contributed by atoms with van der Waals surface area (Å²) in [5.41, 5.74) is 2.03. The summed E-state index contributed by atoms with van der Waals surface area (Å²) in [5, 5.41) is 15.3. The zero-order valence-corrected chi connectivity index (χ0v) is 29.2. The quantitative estimate of drug-likeness (QED) is 0.218. The predicted molar refractivity (Wildman–Crippen MR) is 184 cm³/mol. The van der Waals surface area contributed by atoms with Gasteiger partial charge in [0.15, 0.2) is 9.84 Å². The Morgan fingerprint density at radius 3 is 2.33 bits per heavy atom. The highest BCUT2D eigenvalue weighted by Crippen LogP contribution is 2.50. The molecule has 2 N–H and O–H groups in total. The molecule has 1 amide bonds. The van der Waals surface area contributed by atoms with Crippen LogP contribution in [0.2, 0.25) is 0 Å². The molecule has 3 fully saturated rings. The number of nitrogens with zero attached hydrogens (tertiary/aromatic N) is 3.